The minimum atomic E-state index is -0.554. The Morgan fingerprint density at radius 1 is 1.00 bits per heavy atom. The van der Waals surface area contributed by atoms with Gasteiger partial charge in [0, 0.05) is 49.7 Å². The highest BCUT2D eigenvalue weighted by molar-refractivity contribution is 5.97. The molecule has 2 N–H and O–H groups in total. The third kappa shape index (κ3) is 6.95. The molecule has 1 saturated heterocycles. The van der Waals surface area contributed by atoms with Gasteiger partial charge in [-0.15, -0.1) is 5.10 Å². The van der Waals surface area contributed by atoms with Gasteiger partial charge in [-0.2, -0.15) is 0 Å². The normalized spacial score (nSPS) is 19.9. The molecule has 2 aromatic carbocycles. The number of hydrogen-bond acceptors (Lipinski definition) is 6. The molecule has 2 amide bonds. The second-order valence-corrected chi connectivity index (χ2v) is 11.3. The number of benzene rings is 2. The van der Waals surface area contributed by atoms with Gasteiger partial charge in [0.2, 0.25) is 5.91 Å². The van der Waals surface area contributed by atoms with Gasteiger partial charge in [-0.05, 0) is 76.4 Å². The van der Waals surface area contributed by atoms with Crippen LogP contribution in [0.2, 0.25) is 0 Å². The topological polar surface area (TPSA) is 95.4 Å². The molecule has 212 valence electrons. The van der Waals surface area contributed by atoms with Crippen molar-refractivity contribution in [2.24, 2.45) is 0 Å². The number of hydrogen-bond donors (Lipinski definition) is 2. The lowest BCUT2D eigenvalue weighted by Gasteiger charge is -2.38. The van der Waals surface area contributed by atoms with Gasteiger partial charge in [-0.3, -0.25) is 14.5 Å². The summed E-state index contributed by atoms with van der Waals surface area (Å²) in [5.41, 5.74) is 4.00. The first-order chi connectivity index (χ1) is 19.4. The van der Waals surface area contributed by atoms with Crippen LogP contribution < -0.4 is 10.6 Å². The molecule has 0 radical (unpaired) electrons. The molecule has 3 aromatic rings. The van der Waals surface area contributed by atoms with E-state index in [1.165, 1.54) is 11.1 Å². The zero-order chi connectivity index (χ0) is 28.1. The summed E-state index contributed by atoms with van der Waals surface area (Å²) >= 11 is 0. The van der Waals surface area contributed by atoms with Gasteiger partial charge < -0.3 is 15.5 Å². The first-order valence-electron chi connectivity index (χ1n) is 14.5. The standard InChI is InChI=1S/C31H41N7O2/c1-22(2)36-17-19-37(20-18-36)31(40)28(5-4-14-32-29-21-27(29)24-8-6-23(3)7-9-24)34-30(39)25-10-12-26(13-11-25)38-16-15-33-35-38/h6-13,15-16,22,27-29,32H,4-5,14,17-21H2,1-3H3,(H,34,39)/t27-,28-,29+/m0/s1. The van der Waals surface area contributed by atoms with Crippen LogP contribution >= 0.6 is 0 Å². The quantitative estimate of drug-likeness (QED) is 0.361. The van der Waals surface area contributed by atoms with Gasteiger partial charge in [-0.1, -0.05) is 35.0 Å². The molecule has 9 nitrogen and oxygen atoms in total. The molecule has 0 unspecified atom stereocenters. The number of rotatable bonds is 11. The number of nitrogens with one attached hydrogen (secondary N) is 2. The Bertz CT molecular complexity index is 1250. The SMILES string of the molecule is Cc1ccc([C@@H]2C[C@H]2NCCC[C@H](NC(=O)c2ccc(-n3ccnn3)cc2)C(=O)N2CCN(C(C)C)CC2)cc1. The van der Waals surface area contributed by atoms with E-state index in [0.717, 1.165) is 38.2 Å². The molecular formula is C31H41N7O2. The summed E-state index contributed by atoms with van der Waals surface area (Å²) in [6.45, 7) is 10.4. The van der Waals surface area contributed by atoms with Crippen molar-refractivity contribution in [3.05, 3.63) is 77.6 Å². The van der Waals surface area contributed by atoms with Gasteiger partial charge in [0.1, 0.15) is 6.04 Å². The van der Waals surface area contributed by atoms with E-state index in [-0.39, 0.29) is 11.8 Å². The molecule has 1 saturated carbocycles. The van der Waals surface area contributed by atoms with Crippen LogP contribution in [0.3, 0.4) is 0 Å². The Morgan fingerprint density at radius 2 is 1.73 bits per heavy atom. The molecule has 1 aromatic heterocycles. The highest BCUT2D eigenvalue weighted by atomic mass is 16.2. The highest BCUT2D eigenvalue weighted by Gasteiger charge is 2.37. The molecular weight excluding hydrogens is 502 g/mol. The Hall–Kier alpha value is -3.56. The zero-order valence-corrected chi connectivity index (χ0v) is 23.8. The average molecular weight is 544 g/mol. The maximum Gasteiger partial charge on any atom is 0.251 e. The van der Waals surface area contributed by atoms with E-state index in [9.17, 15) is 9.59 Å². The van der Waals surface area contributed by atoms with Crippen molar-refractivity contribution >= 4 is 11.8 Å². The summed E-state index contributed by atoms with van der Waals surface area (Å²) in [7, 11) is 0. The lowest BCUT2D eigenvalue weighted by atomic mass is 10.1. The summed E-state index contributed by atoms with van der Waals surface area (Å²) in [5.74, 6) is 0.342. The molecule has 3 atom stereocenters. The maximum atomic E-state index is 13.6. The molecule has 1 aliphatic carbocycles. The van der Waals surface area contributed by atoms with Gasteiger partial charge in [0.25, 0.3) is 5.91 Å². The predicted molar refractivity (Wildman–Crippen MR) is 155 cm³/mol. The van der Waals surface area contributed by atoms with Gasteiger partial charge >= 0.3 is 0 Å². The summed E-state index contributed by atoms with van der Waals surface area (Å²) in [4.78, 5) is 31.1. The van der Waals surface area contributed by atoms with Crippen LogP contribution in [0, 0.1) is 6.92 Å². The molecule has 2 fully saturated rings. The van der Waals surface area contributed by atoms with Crippen LogP contribution in [0.5, 0.6) is 0 Å². The first kappa shape index (κ1) is 28.0. The van der Waals surface area contributed by atoms with Crippen molar-refractivity contribution in [1.29, 1.82) is 0 Å². The smallest absolute Gasteiger partial charge is 0.251 e. The molecule has 40 heavy (non-hydrogen) atoms. The van der Waals surface area contributed by atoms with Crippen molar-refractivity contribution in [3.8, 4) is 5.69 Å². The monoisotopic (exact) mass is 543 g/mol. The first-order valence-corrected chi connectivity index (χ1v) is 14.5. The number of amides is 2. The third-order valence-corrected chi connectivity index (χ3v) is 8.15. The Kier molecular flexibility index (Phi) is 8.91. The van der Waals surface area contributed by atoms with E-state index in [1.54, 1.807) is 29.2 Å². The van der Waals surface area contributed by atoms with Crippen LogP contribution in [-0.2, 0) is 4.79 Å². The van der Waals surface area contributed by atoms with E-state index in [1.807, 2.05) is 17.0 Å². The van der Waals surface area contributed by atoms with Crippen molar-refractivity contribution in [2.75, 3.05) is 32.7 Å². The maximum absolute atomic E-state index is 13.6. The van der Waals surface area contributed by atoms with E-state index >= 15 is 0 Å². The number of aryl methyl sites for hydroxylation is 1. The van der Waals surface area contributed by atoms with Crippen LogP contribution in [0.15, 0.2) is 60.9 Å². The van der Waals surface area contributed by atoms with Crippen molar-refractivity contribution in [3.63, 3.8) is 0 Å². The molecule has 2 heterocycles. The molecule has 5 rings (SSSR count). The Morgan fingerprint density at radius 3 is 2.38 bits per heavy atom. The molecule has 0 bridgehead atoms. The van der Waals surface area contributed by atoms with Crippen molar-refractivity contribution in [1.82, 2.24) is 35.4 Å². The molecule has 2 aliphatic rings. The lowest BCUT2D eigenvalue weighted by Crippen LogP contribution is -2.56. The second-order valence-electron chi connectivity index (χ2n) is 11.3. The number of carbonyl (C=O) groups is 2. The largest absolute Gasteiger partial charge is 0.340 e. The average Bonchev–Trinajstić information content (AvgIpc) is 3.53. The van der Waals surface area contributed by atoms with E-state index in [2.05, 4.69) is 70.9 Å². The Balaban J connectivity index is 1.17. The zero-order valence-electron chi connectivity index (χ0n) is 23.8. The highest BCUT2D eigenvalue weighted by Crippen LogP contribution is 2.40. The minimum absolute atomic E-state index is 0.0138. The third-order valence-electron chi connectivity index (χ3n) is 8.15. The van der Waals surface area contributed by atoms with Crippen molar-refractivity contribution < 1.29 is 9.59 Å². The fourth-order valence-electron chi connectivity index (χ4n) is 5.49. The summed E-state index contributed by atoms with van der Waals surface area (Å²) in [5, 5.41) is 14.5. The Labute approximate surface area is 236 Å². The summed E-state index contributed by atoms with van der Waals surface area (Å²) in [6.07, 6.45) is 5.92. The summed E-state index contributed by atoms with van der Waals surface area (Å²) < 4.78 is 1.64. The number of nitrogens with zero attached hydrogens (tertiary/aromatic N) is 5. The second kappa shape index (κ2) is 12.7. The van der Waals surface area contributed by atoms with E-state index in [4.69, 9.17) is 0 Å². The summed E-state index contributed by atoms with van der Waals surface area (Å²) in [6, 6.07) is 16.4. The molecule has 0 spiro atoms. The fraction of sp³-hybridized carbons (Fsp3) is 0.484. The number of carbonyl (C=O) groups excluding carboxylic acids is 2. The van der Waals surface area contributed by atoms with Crippen molar-refractivity contribution in [2.45, 2.75) is 64.1 Å². The van der Waals surface area contributed by atoms with Gasteiger partial charge in [0.15, 0.2) is 0 Å². The molecule has 9 heteroatoms. The fourth-order valence-corrected chi connectivity index (χ4v) is 5.49. The van der Waals surface area contributed by atoms with E-state index in [0.29, 0.717) is 43.1 Å². The number of aromatic nitrogens is 3. The minimum Gasteiger partial charge on any atom is -0.340 e. The van der Waals surface area contributed by atoms with Crippen LogP contribution in [0.1, 0.15) is 60.5 Å². The van der Waals surface area contributed by atoms with Crippen LogP contribution in [0.25, 0.3) is 5.69 Å². The molecule has 1 aliphatic heterocycles. The van der Waals surface area contributed by atoms with Gasteiger partial charge in [0.05, 0.1) is 18.1 Å². The lowest BCUT2D eigenvalue weighted by molar-refractivity contribution is -0.135. The van der Waals surface area contributed by atoms with Crippen LogP contribution in [-0.4, -0.2) is 87.5 Å². The van der Waals surface area contributed by atoms with Crippen LogP contribution in [0.4, 0.5) is 0 Å². The number of piperazine rings is 1. The van der Waals surface area contributed by atoms with Gasteiger partial charge in [-0.25, -0.2) is 4.68 Å². The van der Waals surface area contributed by atoms with E-state index < -0.39 is 6.04 Å². The predicted octanol–water partition coefficient (Wildman–Crippen LogP) is 3.15.